The van der Waals surface area contributed by atoms with E-state index in [-0.39, 0.29) is 12.3 Å². The maximum absolute atomic E-state index is 11.7. The van der Waals surface area contributed by atoms with Crippen molar-refractivity contribution < 1.29 is 4.74 Å². The molecule has 0 aliphatic rings. The molecule has 0 radical (unpaired) electrons. The van der Waals surface area contributed by atoms with Gasteiger partial charge in [-0.2, -0.15) is 5.10 Å². The highest BCUT2D eigenvalue weighted by Crippen LogP contribution is 2.08. The topological polar surface area (TPSA) is 44.1 Å². The number of aromatic nitrogens is 2. The van der Waals surface area contributed by atoms with E-state index in [1.165, 1.54) is 4.68 Å². The van der Waals surface area contributed by atoms with E-state index in [0.717, 1.165) is 6.04 Å². The third-order valence-electron chi connectivity index (χ3n) is 2.33. The van der Waals surface area contributed by atoms with Gasteiger partial charge in [-0.1, -0.05) is 31.2 Å². The molecule has 1 heterocycles. The fraction of sp³-hybridized carbons (Fsp3) is 0.636. The Hall–Kier alpha value is -0.653. The average molecular weight is 275 g/mol. The molecule has 0 N–H and O–H groups in total. The molecule has 17 heavy (non-hydrogen) atoms. The van der Waals surface area contributed by atoms with Crippen molar-refractivity contribution >= 4 is 19.7 Å². The van der Waals surface area contributed by atoms with Crippen molar-refractivity contribution in [1.29, 1.82) is 0 Å². The van der Waals surface area contributed by atoms with E-state index in [1.54, 1.807) is 13.0 Å². The molecule has 0 spiro atoms. The van der Waals surface area contributed by atoms with Crippen LogP contribution < -0.4 is 5.56 Å². The summed E-state index contributed by atoms with van der Waals surface area (Å²) in [6, 6.07) is 2.63. The Morgan fingerprint density at radius 3 is 2.71 bits per heavy atom. The smallest absolute Gasteiger partial charge is 0.271 e. The van der Waals surface area contributed by atoms with Crippen molar-refractivity contribution in [3.63, 3.8) is 0 Å². The predicted molar refractivity (Wildman–Crippen MR) is 72.3 cm³/mol. The highest BCUT2D eigenvalue weighted by Gasteiger charge is 2.12. The van der Waals surface area contributed by atoms with Gasteiger partial charge in [-0.15, -0.1) is 0 Å². The molecule has 0 atom stereocenters. The molecular formula is C11H19ClN2O2Si. The Labute approximate surface area is 108 Å². The largest absolute Gasteiger partial charge is 0.359 e. The molecule has 0 saturated carbocycles. The van der Waals surface area contributed by atoms with Crippen LogP contribution in [0, 0.1) is 6.92 Å². The third kappa shape index (κ3) is 5.02. The van der Waals surface area contributed by atoms with Crippen LogP contribution in [0.2, 0.25) is 30.8 Å². The van der Waals surface area contributed by atoms with E-state index in [0.29, 0.717) is 17.3 Å². The van der Waals surface area contributed by atoms with Crippen molar-refractivity contribution in [1.82, 2.24) is 9.78 Å². The van der Waals surface area contributed by atoms with Crippen LogP contribution in [0.25, 0.3) is 0 Å². The first-order chi connectivity index (χ1) is 7.79. The summed E-state index contributed by atoms with van der Waals surface area (Å²) in [5.74, 6) is 0. The first-order valence-electron chi connectivity index (χ1n) is 5.61. The summed E-state index contributed by atoms with van der Waals surface area (Å²) in [5, 5.41) is 4.24. The molecule has 0 aromatic carbocycles. The fourth-order valence-corrected chi connectivity index (χ4v) is 2.26. The van der Waals surface area contributed by atoms with Crippen LogP contribution in [-0.2, 0) is 11.5 Å². The highest BCUT2D eigenvalue weighted by molar-refractivity contribution is 6.76. The summed E-state index contributed by atoms with van der Waals surface area (Å²) in [7, 11) is -1.09. The van der Waals surface area contributed by atoms with Gasteiger partial charge in [-0.05, 0) is 19.0 Å². The lowest BCUT2D eigenvalue weighted by Gasteiger charge is -2.15. The Balaban J connectivity index is 2.56. The Kier molecular flexibility index (Phi) is 4.91. The van der Waals surface area contributed by atoms with Crippen molar-refractivity contribution in [2.75, 3.05) is 6.61 Å². The molecule has 0 saturated heterocycles. The minimum absolute atomic E-state index is 0.151. The quantitative estimate of drug-likeness (QED) is 0.612. The van der Waals surface area contributed by atoms with Gasteiger partial charge in [-0.3, -0.25) is 4.79 Å². The second kappa shape index (κ2) is 5.80. The number of hydrogen-bond acceptors (Lipinski definition) is 3. The van der Waals surface area contributed by atoms with Crippen molar-refractivity contribution in [3.05, 3.63) is 27.1 Å². The number of ether oxygens (including phenoxy) is 1. The Bertz CT molecular complexity index is 440. The summed E-state index contributed by atoms with van der Waals surface area (Å²) in [6.07, 6.45) is 0. The summed E-state index contributed by atoms with van der Waals surface area (Å²) >= 11 is 5.79. The van der Waals surface area contributed by atoms with Crippen LogP contribution in [0.1, 0.15) is 5.56 Å². The number of rotatable bonds is 5. The molecule has 0 fully saturated rings. The molecule has 0 bridgehead atoms. The predicted octanol–water partition coefficient (Wildman–Crippen LogP) is 2.52. The van der Waals surface area contributed by atoms with Gasteiger partial charge in [0.05, 0.1) is 0 Å². The number of aryl methyl sites for hydroxylation is 1. The van der Waals surface area contributed by atoms with Crippen molar-refractivity contribution in [2.45, 2.75) is 39.3 Å². The maximum Gasteiger partial charge on any atom is 0.271 e. The second-order valence-corrected chi connectivity index (χ2v) is 11.3. The zero-order valence-corrected chi connectivity index (χ0v) is 12.5. The third-order valence-corrected chi connectivity index (χ3v) is 4.22. The van der Waals surface area contributed by atoms with E-state index in [2.05, 4.69) is 24.7 Å². The highest BCUT2D eigenvalue weighted by atomic mass is 35.5. The van der Waals surface area contributed by atoms with Crippen LogP contribution in [0.3, 0.4) is 0 Å². The van der Waals surface area contributed by atoms with Gasteiger partial charge >= 0.3 is 0 Å². The van der Waals surface area contributed by atoms with E-state index in [9.17, 15) is 4.79 Å². The molecule has 1 aromatic heterocycles. The lowest BCUT2D eigenvalue weighted by molar-refractivity contribution is 0.0748. The van der Waals surface area contributed by atoms with Crippen LogP contribution in [0.4, 0.5) is 0 Å². The normalized spacial score (nSPS) is 11.8. The lowest BCUT2D eigenvalue weighted by Crippen LogP contribution is -2.27. The fourth-order valence-electron chi connectivity index (χ4n) is 1.25. The number of halogens is 1. The first-order valence-corrected chi connectivity index (χ1v) is 9.70. The standard InChI is InChI=1S/C11H19ClN2O2Si/c1-9-7-10(12)13-14(11(9)15)8-16-5-6-17(2,3)4/h7H,5-6,8H2,1-4H3. The Morgan fingerprint density at radius 1 is 1.47 bits per heavy atom. The van der Waals surface area contributed by atoms with Gasteiger partial charge < -0.3 is 4.74 Å². The van der Waals surface area contributed by atoms with E-state index >= 15 is 0 Å². The van der Waals surface area contributed by atoms with Gasteiger partial charge in [-0.25, -0.2) is 4.68 Å². The monoisotopic (exact) mass is 274 g/mol. The van der Waals surface area contributed by atoms with E-state index in [4.69, 9.17) is 16.3 Å². The van der Waals surface area contributed by atoms with Crippen molar-refractivity contribution in [3.8, 4) is 0 Å². The summed E-state index contributed by atoms with van der Waals surface area (Å²) < 4.78 is 6.73. The number of hydrogen-bond donors (Lipinski definition) is 0. The van der Waals surface area contributed by atoms with Gasteiger partial charge in [0, 0.05) is 20.2 Å². The van der Waals surface area contributed by atoms with Crippen LogP contribution in [0.5, 0.6) is 0 Å². The molecule has 0 aliphatic heterocycles. The minimum atomic E-state index is -1.09. The molecule has 4 nitrogen and oxygen atoms in total. The number of nitrogens with zero attached hydrogens (tertiary/aromatic N) is 2. The summed E-state index contributed by atoms with van der Waals surface area (Å²) in [6.45, 7) is 9.40. The van der Waals surface area contributed by atoms with Gasteiger partial charge in [0.15, 0.2) is 0 Å². The SMILES string of the molecule is Cc1cc(Cl)nn(COCC[Si](C)(C)C)c1=O. The van der Waals surface area contributed by atoms with Gasteiger partial charge in [0.2, 0.25) is 0 Å². The molecule has 0 aliphatic carbocycles. The second-order valence-electron chi connectivity index (χ2n) is 5.30. The van der Waals surface area contributed by atoms with Gasteiger partial charge in [0.25, 0.3) is 5.56 Å². The Morgan fingerprint density at radius 2 is 2.12 bits per heavy atom. The van der Waals surface area contributed by atoms with Crippen LogP contribution >= 0.6 is 11.6 Å². The van der Waals surface area contributed by atoms with E-state index < -0.39 is 8.07 Å². The van der Waals surface area contributed by atoms with Crippen molar-refractivity contribution in [2.24, 2.45) is 0 Å². The molecule has 1 rings (SSSR count). The van der Waals surface area contributed by atoms with Gasteiger partial charge in [0.1, 0.15) is 11.9 Å². The molecule has 0 amide bonds. The minimum Gasteiger partial charge on any atom is -0.359 e. The average Bonchev–Trinajstić information content (AvgIpc) is 2.18. The molecule has 0 unspecified atom stereocenters. The lowest BCUT2D eigenvalue weighted by atomic mass is 10.3. The summed E-state index contributed by atoms with van der Waals surface area (Å²) in [4.78, 5) is 11.7. The maximum atomic E-state index is 11.7. The van der Waals surface area contributed by atoms with E-state index in [1.807, 2.05) is 0 Å². The zero-order valence-electron chi connectivity index (χ0n) is 10.8. The molecule has 6 heteroatoms. The van der Waals surface area contributed by atoms with Crippen LogP contribution in [0.15, 0.2) is 10.9 Å². The summed E-state index contributed by atoms with van der Waals surface area (Å²) in [5.41, 5.74) is 0.432. The molecular weight excluding hydrogens is 256 g/mol. The molecule has 96 valence electrons. The zero-order chi connectivity index (χ0) is 13.1. The molecule has 1 aromatic rings. The van der Waals surface area contributed by atoms with Crippen LogP contribution in [-0.4, -0.2) is 24.5 Å². The first kappa shape index (κ1) is 14.4.